The Kier molecular flexibility index (Phi) is 4.94. The van der Waals surface area contributed by atoms with Crippen molar-refractivity contribution in [2.75, 3.05) is 19.5 Å². The smallest absolute Gasteiger partial charge is 0.394 e. The van der Waals surface area contributed by atoms with Crippen molar-refractivity contribution >= 4 is 40.0 Å². The molecule has 9 nitrogen and oxygen atoms in total. The normalized spacial score (nSPS) is 10.7. The summed E-state index contributed by atoms with van der Waals surface area (Å²) in [5, 5.41) is 15.3. The Labute approximate surface area is 110 Å². The molecule has 0 bridgehead atoms. The average molecular weight is 287 g/mol. The Hall–Kier alpha value is -2.49. The summed E-state index contributed by atoms with van der Waals surface area (Å²) >= 11 is 0.927. The van der Waals surface area contributed by atoms with Crippen LogP contribution in [0.15, 0.2) is 10.5 Å². The van der Waals surface area contributed by atoms with Crippen LogP contribution >= 0.6 is 11.3 Å². The van der Waals surface area contributed by atoms with Crippen LogP contribution < -0.4 is 5.32 Å². The van der Waals surface area contributed by atoms with Crippen LogP contribution in [-0.4, -0.2) is 47.9 Å². The van der Waals surface area contributed by atoms with E-state index in [4.69, 9.17) is 5.11 Å². The maximum absolute atomic E-state index is 11.4. The number of oxime groups is 1. The van der Waals surface area contributed by atoms with Gasteiger partial charge in [-0.05, 0) is 0 Å². The van der Waals surface area contributed by atoms with Crippen LogP contribution in [0, 0.1) is 0 Å². The first-order valence-corrected chi connectivity index (χ1v) is 5.57. The van der Waals surface area contributed by atoms with Gasteiger partial charge in [-0.2, -0.15) is 0 Å². The van der Waals surface area contributed by atoms with Crippen LogP contribution in [0.2, 0.25) is 0 Å². The lowest BCUT2D eigenvalue weighted by molar-refractivity contribution is -0.147. The van der Waals surface area contributed by atoms with Crippen molar-refractivity contribution in [2.24, 2.45) is 5.16 Å². The van der Waals surface area contributed by atoms with Gasteiger partial charge < -0.3 is 14.7 Å². The molecule has 0 fully saturated rings. The Bertz CT molecular complexity index is 538. The van der Waals surface area contributed by atoms with Crippen LogP contribution in [0.25, 0.3) is 0 Å². The van der Waals surface area contributed by atoms with Crippen molar-refractivity contribution in [3.05, 3.63) is 11.1 Å². The molecule has 1 heterocycles. The second-order valence-electron chi connectivity index (χ2n) is 2.91. The number of carbonyl (C=O) groups is 3. The van der Waals surface area contributed by atoms with E-state index in [0.717, 1.165) is 18.4 Å². The highest BCUT2D eigenvalue weighted by Crippen LogP contribution is 2.16. The number of esters is 1. The van der Waals surface area contributed by atoms with Gasteiger partial charge in [-0.3, -0.25) is 10.1 Å². The van der Waals surface area contributed by atoms with E-state index >= 15 is 0 Å². The highest BCUT2D eigenvalue weighted by molar-refractivity contribution is 7.14. The zero-order valence-electron chi connectivity index (χ0n) is 9.87. The largest absolute Gasteiger partial charge is 0.474 e. The molecule has 0 aliphatic heterocycles. The number of anilines is 1. The minimum atomic E-state index is -1.64. The standard InChI is InChI=1S/C9H9N3O6S/c1-17-8(16)5(12-18-2)4-3-19-9(10-4)11-6(13)7(14)15/h3H,1-2H3,(H,14,15)(H,10,11,13). The highest BCUT2D eigenvalue weighted by atomic mass is 32.1. The second-order valence-corrected chi connectivity index (χ2v) is 3.77. The van der Waals surface area contributed by atoms with E-state index in [1.807, 2.05) is 5.32 Å². The van der Waals surface area contributed by atoms with Gasteiger partial charge in [0.25, 0.3) is 0 Å². The number of aliphatic carboxylic acids is 1. The predicted octanol–water partition coefficient (Wildman–Crippen LogP) is -0.310. The maximum atomic E-state index is 11.4. The van der Waals surface area contributed by atoms with Gasteiger partial charge in [0.2, 0.25) is 5.71 Å². The molecular formula is C9H9N3O6S. The van der Waals surface area contributed by atoms with Crippen molar-refractivity contribution in [3.63, 3.8) is 0 Å². The molecule has 0 aromatic carbocycles. The fourth-order valence-electron chi connectivity index (χ4n) is 0.967. The molecule has 0 aliphatic rings. The molecule has 0 aliphatic carbocycles. The molecule has 1 aromatic rings. The molecule has 19 heavy (non-hydrogen) atoms. The number of rotatable bonds is 4. The van der Waals surface area contributed by atoms with Gasteiger partial charge in [0.15, 0.2) is 5.13 Å². The molecule has 0 radical (unpaired) electrons. The van der Waals surface area contributed by atoms with Crippen molar-refractivity contribution in [2.45, 2.75) is 0 Å². The number of aromatic nitrogens is 1. The van der Waals surface area contributed by atoms with Crippen molar-refractivity contribution in [1.82, 2.24) is 4.98 Å². The number of hydrogen-bond acceptors (Lipinski definition) is 8. The highest BCUT2D eigenvalue weighted by Gasteiger charge is 2.20. The Balaban J connectivity index is 2.94. The summed E-state index contributed by atoms with van der Waals surface area (Å²) in [6.45, 7) is 0. The van der Waals surface area contributed by atoms with Gasteiger partial charge in [0.05, 0.1) is 7.11 Å². The maximum Gasteiger partial charge on any atom is 0.394 e. The molecule has 102 valence electrons. The number of ether oxygens (including phenoxy) is 1. The van der Waals surface area contributed by atoms with Crippen LogP contribution in [-0.2, 0) is 24.0 Å². The number of methoxy groups -OCH3 is 1. The number of carboxylic acids is 1. The topological polar surface area (TPSA) is 127 Å². The van der Waals surface area contributed by atoms with E-state index < -0.39 is 17.8 Å². The molecule has 0 unspecified atom stereocenters. The fourth-order valence-corrected chi connectivity index (χ4v) is 1.66. The quantitative estimate of drug-likeness (QED) is 0.336. The SMILES string of the molecule is CON=C(C(=O)OC)c1csc(NC(=O)C(=O)O)n1. The summed E-state index contributed by atoms with van der Waals surface area (Å²) in [4.78, 5) is 41.0. The summed E-state index contributed by atoms with van der Waals surface area (Å²) in [5.41, 5.74) is -0.100. The van der Waals surface area contributed by atoms with Crippen LogP contribution in [0.5, 0.6) is 0 Å². The van der Waals surface area contributed by atoms with E-state index in [9.17, 15) is 14.4 Å². The zero-order chi connectivity index (χ0) is 14.4. The third-order valence-electron chi connectivity index (χ3n) is 1.72. The number of nitrogens with one attached hydrogen (secondary N) is 1. The van der Waals surface area contributed by atoms with Crippen molar-refractivity contribution < 1.29 is 29.1 Å². The molecular weight excluding hydrogens is 278 g/mol. The van der Waals surface area contributed by atoms with Crippen molar-refractivity contribution in [3.8, 4) is 0 Å². The molecule has 0 atom stereocenters. The van der Waals surface area contributed by atoms with Gasteiger partial charge in [-0.15, -0.1) is 11.3 Å². The van der Waals surface area contributed by atoms with E-state index in [2.05, 4.69) is 19.7 Å². The first-order chi connectivity index (χ1) is 8.99. The van der Waals surface area contributed by atoms with E-state index in [-0.39, 0.29) is 16.5 Å². The first-order valence-electron chi connectivity index (χ1n) is 4.69. The molecule has 0 spiro atoms. The molecule has 1 rings (SSSR count). The molecule has 0 saturated carbocycles. The third kappa shape index (κ3) is 3.74. The van der Waals surface area contributed by atoms with Gasteiger partial charge in [-0.25, -0.2) is 14.6 Å². The minimum absolute atomic E-state index is 0.00936. The first kappa shape index (κ1) is 14.6. The van der Waals surface area contributed by atoms with Crippen LogP contribution in [0.4, 0.5) is 5.13 Å². The fraction of sp³-hybridized carbons (Fsp3) is 0.222. The number of hydrogen-bond donors (Lipinski definition) is 2. The summed E-state index contributed by atoms with van der Waals surface area (Å²) in [7, 11) is 2.40. The number of amides is 1. The van der Waals surface area contributed by atoms with Crippen LogP contribution in [0.1, 0.15) is 5.69 Å². The predicted molar refractivity (Wildman–Crippen MR) is 63.9 cm³/mol. The molecule has 2 N–H and O–H groups in total. The molecule has 0 saturated heterocycles. The Morgan fingerprint density at radius 3 is 2.63 bits per heavy atom. The Morgan fingerprint density at radius 1 is 1.42 bits per heavy atom. The summed E-state index contributed by atoms with van der Waals surface area (Å²) in [6.07, 6.45) is 0. The molecule has 1 aromatic heterocycles. The summed E-state index contributed by atoms with van der Waals surface area (Å²) in [5.74, 6) is -3.65. The Morgan fingerprint density at radius 2 is 2.11 bits per heavy atom. The van der Waals surface area contributed by atoms with Gasteiger partial charge in [-0.1, -0.05) is 5.16 Å². The van der Waals surface area contributed by atoms with Gasteiger partial charge >= 0.3 is 17.8 Å². The monoisotopic (exact) mass is 287 g/mol. The van der Waals surface area contributed by atoms with Crippen LogP contribution in [0.3, 0.4) is 0 Å². The third-order valence-corrected chi connectivity index (χ3v) is 2.48. The van der Waals surface area contributed by atoms with Gasteiger partial charge in [0, 0.05) is 5.38 Å². The number of nitrogens with zero attached hydrogens (tertiary/aromatic N) is 2. The van der Waals surface area contributed by atoms with Gasteiger partial charge in [0.1, 0.15) is 12.8 Å². The van der Waals surface area contributed by atoms with E-state index in [0.29, 0.717) is 0 Å². The summed E-state index contributed by atoms with van der Waals surface area (Å²) in [6, 6.07) is 0. The number of carbonyl (C=O) groups excluding carboxylic acids is 2. The average Bonchev–Trinajstić information content (AvgIpc) is 2.83. The number of thiazole rings is 1. The lowest BCUT2D eigenvalue weighted by atomic mass is 10.3. The minimum Gasteiger partial charge on any atom is -0.474 e. The molecule has 10 heteroatoms. The zero-order valence-corrected chi connectivity index (χ0v) is 10.7. The number of carboxylic acid groups (broad SMARTS) is 1. The summed E-state index contributed by atoms with van der Waals surface area (Å²) < 4.78 is 4.48. The lowest BCUT2D eigenvalue weighted by Crippen LogP contribution is -2.22. The van der Waals surface area contributed by atoms with Crippen molar-refractivity contribution in [1.29, 1.82) is 0 Å². The van der Waals surface area contributed by atoms with E-state index in [1.165, 1.54) is 12.5 Å². The van der Waals surface area contributed by atoms with E-state index in [1.54, 1.807) is 0 Å². The molecule has 1 amide bonds. The lowest BCUT2D eigenvalue weighted by Gasteiger charge is -1.99. The second kappa shape index (κ2) is 6.44.